The molecule has 9 heteroatoms. The van der Waals surface area contributed by atoms with E-state index in [2.05, 4.69) is 15.7 Å². The smallest absolute Gasteiger partial charge is 0.352 e. The van der Waals surface area contributed by atoms with Crippen molar-refractivity contribution < 1.29 is 22.8 Å². The minimum Gasteiger partial charge on any atom is -0.352 e. The first-order chi connectivity index (χ1) is 14.7. The summed E-state index contributed by atoms with van der Waals surface area (Å²) in [5.41, 5.74) is -0.237. The fourth-order valence-corrected chi connectivity index (χ4v) is 2.95. The molecule has 2 aromatic carbocycles. The number of hydrogen-bond donors (Lipinski definition) is 2. The highest BCUT2D eigenvalue weighted by Gasteiger charge is 2.40. The quantitative estimate of drug-likeness (QED) is 0.601. The molecule has 0 fully saturated rings. The molecule has 3 rings (SSSR count). The van der Waals surface area contributed by atoms with Crippen molar-refractivity contribution in [2.24, 2.45) is 0 Å². The van der Waals surface area contributed by atoms with Crippen LogP contribution in [0.4, 0.5) is 18.9 Å². The van der Waals surface area contributed by atoms with Crippen LogP contribution in [0.5, 0.6) is 0 Å². The van der Waals surface area contributed by atoms with E-state index in [1.807, 2.05) is 13.8 Å². The average molecular weight is 430 g/mol. The molecule has 2 amide bonds. The number of alkyl halides is 3. The van der Waals surface area contributed by atoms with Gasteiger partial charge in [-0.1, -0.05) is 30.7 Å². The van der Waals surface area contributed by atoms with Crippen LogP contribution in [0.1, 0.15) is 45.3 Å². The Balaban J connectivity index is 1.90. The van der Waals surface area contributed by atoms with Gasteiger partial charge in [-0.05, 0) is 43.7 Å². The van der Waals surface area contributed by atoms with Crippen LogP contribution in [0.3, 0.4) is 0 Å². The van der Waals surface area contributed by atoms with Gasteiger partial charge in [0.2, 0.25) is 0 Å². The van der Waals surface area contributed by atoms with E-state index in [1.54, 1.807) is 18.2 Å². The highest BCUT2D eigenvalue weighted by atomic mass is 19.4. The van der Waals surface area contributed by atoms with E-state index in [0.717, 1.165) is 18.2 Å². The maximum atomic E-state index is 13.8. The lowest BCUT2D eigenvalue weighted by Gasteiger charge is -2.13. The number of aryl methyl sites for hydroxylation is 1. The summed E-state index contributed by atoms with van der Waals surface area (Å²) >= 11 is 0. The Morgan fingerprint density at radius 3 is 2.42 bits per heavy atom. The number of aromatic nitrogens is 2. The van der Waals surface area contributed by atoms with E-state index in [1.165, 1.54) is 30.3 Å². The summed E-state index contributed by atoms with van der Waals surface area (Å²) in [7, 11) is 0. The van der Waals surface area contributed by atoms with Gasteiger partial charge in [-0.25, -0.2) is 4.68 Å². The molecule has 0 aliphatic carbocycles. The SMILES string of the molecule is CCCNC(=O)c1cccc(NC(=O)c2cnn(-c3ccc(C)cc3)c2C(F)(F)F)c1. The van der Waals surface area contributed by atoms with Gasteiger partial charge in [-0.3, -0.25) is 9.59 Å². The summed E-state index contributed by atoms with van der Waals surface area (Å²) in [5.74, 6) is -1.31. The molecule has 3 aromatic rings. The van der Waals surface area contributed by atoms with Crippen molar-refractivity contribution in [1.82, 2.24) is 15.1 Å². The molecule has 0 aliphatic rings. The lowest BCUT2D eigenvalue weighted by atomic mass is 10.1. The van der Waals surface area contributed by atoms with Gasteiger partial charge in [-0.2, -0.15) is 18.3 Å². The van der Waals surface area contributed by atoms with Crippen LogP contribution in [0.25, 0.3) is 5.69 Å². The molecule has 1 aromatic heterocycles. The van der Waals surface area contributed by atoms with Crippen LogP contribution in [-0.2, 0) is 6.18 Å². The van der Waals surface area contributed by atoms with Crippen molar-refractivity contribution in [3.63, 3.8) is 0 Å². The molecule has 31 heavy (non-hydrogen) atoms. The Morgan fingerprint density at radius 2 is 1.77 bits per heavy atom. The van der Waals surface area contributed by atoms with Gasteiger partial charge in [0, 0.05) is 17.8 Å². The first kappa shape index (κ1) is 22.1. The number of carbonyl (C=O) groups excluding carboxylic acids is 2. The van der Waals surface area contributed by atoms with E-state index in [9.17, 15) is 22.8 Å². The first-order valence-corrected chi connectivity index (χ1v) is 9.62. The molecule has 0 unspecified atom stereocenters. The van der Waals surface area contributed by atoms with E-state index < -0.39 is 23.3 Å². The minimum atomic E-state index is -4.81. The maximum absolute atomic E-state index is 13.8. The second-order valence-corrected chi connectivity index (χ2v) is 6.94. The Kier molecular flexibility index (Phi) is 6.43. The largest absolute Gasteiger partial charge is 0.434 e. The van der Waals surface area contributed by atoms with E-state index >= 15 is 0 Å². The molecule has 1 heterocycles. The third-order valence-corrected chi connectivity index (χ3v) is 4.48. The van der Waals surface area contributed by atoms with Crippen molar-refractivity contribution in [1.29, 1.82) is 0 Å². The third kappa shape index (κ3) is 5.11. The van der Waals surface area contributed by atoms with Crippen molar-refractivity contribution in [2.75, 3.05) is 11.9 Å². The predicted octanol–water partition coefficient (Wildman–Crippen LogP) is 4.59. The Morgan fingerprint density at radius 1 is 1.06 bits per heavy atom. The monoisotopic (exact) mass is 430 g/mol. The van der Waals surface area contributed by atoms with Crippen molar-refractivity contribution in [3.8, 4) is 5.69 Å². The van der Waals surface area contributed by atoms with Crippen LogP contribution in [0.15, 0.2) is 54.7 Å². The summed E-state index contributed by atoms with van der Waals surface area (Å²) in [5, 5.41) is 8.92. The third-order valence-electron chi connectivity index (χ3n) is 4.48. The highest BCUT2D eigenvalue weighted by molar-refractivity contribution is 6.06. The van der Waals surface area contributed by atoms with Gasteiger partial charge in [0.05, 0.1) is 17.4 Å². The van der Waals surface area contributed by atoms with Gasteiger partial charge in [0.15, 0.2) is 5.69 Å². The number of hydrogen-bond acceptors (Lipinski definition) is 3. The molecule has 0 bridgehead atoms. The Labute approximate surface area is 177 Å². The number of nitrogens with one attached hydrogen (secondary N) is 2. The molecular weight excluding hydrogens is 409 g/mol. The number of amides is 2. The number of nitrogens with zero attached hydrogens (tertiary/aromatic N) is 2. The van der Waals surface area contributed by atoms with Crippen molar-refractivity contribution in [2.45, 2.75) is 26.4 Å². The van der Waals surface area contributed by atoms with Gasteiger partial charge >= 0.3 is 6.18 Å². The Bertz CT molecular complexity index is 1090. The molecule has 0 atom stereocenters. The summed E-state index contributed by atoms with van der Waals surface area (Å²) in [6, 6.07) is 12.3. The van der Waals surface area contributed by atoms with Gasteiger partial charge in [0.1, 0.15) is 0 Å². The van der Waals surface area contributed by atoms with E-state index in [4.69, 9.17) is 0 Å². The zero-order valence-electron chi connectivity index (χ0n) is 17.0. The van der Waals surface area contributed by atoms with E-state index in [-0.39, 0.29) is 22.8 Å². The molecule has 0 spiro atoms. The summed E-state index contributed by atoms with van der Waals surface area (Å²) in [6.45, 7) is 4.21. The second-order valence-electron chi connectivity index (χ2n) is 6.94. The number of benzene rings is 2. The molecule has 0 aliphatic heterocycles. The molecular formula is C22H21F3N4O2. The van der Waals surface area contributed by atoms with Crippen LogP contribution < -0.4 is 10.6 Å². The maximum Gasteiger partial charge on any atom is 0.434 e. The van der Waals surface area contributed by atoms with Crippen molar-refractivity contribution >= 4 is 17.5 Å². The number of rotatable bonds is 6. The fourth-order valence-electron chi connectivity index (χ4n) is 2.95. The molecule has 6 nitrogen and oxygen atoms in total. The predicted molar refractivity (Wildman–Crippen MR) is 110 cm³/mol. The Hall–Kier alpha value is -3.62. The van der Waals surface area contributed by atoms with E-state index in [0.29, 0.717) is 11.2 Å². The van der Waals surface area contributed by atoms with Crippen molar-refractivity contribution in [3.05, 3.63) is 77.1 Å². The summed E-state index contributed by atoms with van der Waals surface area (Å²) in [6.07, 6.45) is -3.17. The van der Waals surface area contributed by atoms with Crippen LogP contribution >= 0.6 is 0 Å². The normalized spacial score (nSPS) is 11.3. The van der Waals surface area contributed by atoms with Crippen LogP contribution in [-0.4, -0.2) is 28.1 Å². The number of anilines is 1. The topological polar surface area (TPSA) is 76.0 Å². The standard InChI is InChI=1S/C22H21F3N4O2/c1-3-11-26-20(30)15-5-4-6-16(12-15)28-21(31)18-13-27-29(19(18)22(23,24)25)17-9-7-14(2)8-10-17/h4-10,12-13H,3,11H2,1-2H3,(H,26,30)(H,28,31). The van der Waals surface area contributed by atoms with Gasteiger partial charge < -0.3 is 10.6 Å². The van der Waals surface area contributed by atoms with Crippen LogP contribution in [0, 0.1) is 6.92 Å². The fraction of sp³-hybridized carbons (Fsp3) is 0.227. The zero-order chi connectivity index (χ0) is 22.6. The number of carbonyl (C=O) groups is 2. The summed E-state index contributed by atoms with van der Waals surface area (Å²) < 4.78 is 42.1. The van der Waals surface area contributed by atoms with Gasteiger partial charge in [-0.15, -0.1) is 0 Å². The van der Waals surface area contributed by atoms with Crippen LogP contribution in [0.2, 0.25) is 0 Å². The molecule has 2 N–H and O–H groups in total. The lowest BCUT2D eigenvalue weighted by molar-refractivity contribution is -0.143. The second kappa shape index (κ2) is 9.03. The zero-order valence-corrected chi connectivity index (χ0v) is 17.0. The first-order valence-electron chi connectivity index (χ1n) is 9.62. The minimum absolute atomic E-state index is 0.187. The number of halogens is 3. The molecule has 162 valence electrons. The average Bonchev–Trinajstić information content (AvgIpc) is 3.19. The summed E-state index contributed by atoms with van der Waals surface area (Å²) in [4.78, 5) is 24.8. The lowest BCUT2D eigenvalue weighted by Crippen LogP contribution is -2.24. The molecule has 0 radical (unpaired) electrons. The molecule has 0 saturated heterocycles. The molecule has 0 saturated carbocycles. The van der Waals surface area contributed by atoms with Gasteiger partial charge in [0.25, 0.3) is 11.8 Å². The highest BCUT2D eigenvalue weighted by Crippen LogP contribution is 2.34.